The van der Waals surface area contributed by atoms with E-state index in [-0.39, 0.29) is 11.8 Å². The van der Waals surface area contributed by atoms with Gasteiger partial charge in [-0.2, -0.15) is 0 Å². The van der Waals surface area contributed by atoms with E-state index in [2.05, 4.69) is 41.8 Å². The van der Waals surface area contributed by atoms with Crippen molar-refractivity contribution in [1.82, 2.24) is 10.6 Å². The van der Waals surface area contributed by atoms with Gasteiger partial charge in [0, 0.05) is 19.6 Å². The van der Waals surface area contributed by atoms with Crippen LogP contribution in [-0.4, -0.2) is 25.5 Å². The van der Waals surface area contributed by atoms with Crippen molar-refractivity contribution in [3.05, 3.63) is 35.4 Å². The summed E-state index contributed by atoms with van der Waals surface area (Å²) in [5, 5.41) is 6.08. The van der Waals surface area contributed by atoms with Gasteiger partial charge in [-0.1, -0.05) is 31.2 Å². The summed E-state index contributed by atoms with van der Waals surface area (Å²) in [5.41, 5.74) is 2.65. The molecule has 1 heterocycles. The molecule has 1 saturated heterocycles. The van der Waals surface area contributed by atoms with Gasteiger partial charge in [-0.15, -0.1) is 0 Å². The van der Waals surface area contributed by atoms with E-state index in [4.69, 9.17) is 0 Å². The van der Waals surface area contributed by atoms with Crippen LogP contribution in [0.1, 0.15) is 18.1 Å². The highest BCUT2D eigenvalue weighted by Gasteiger charge is 2.23. The summed E-state index contributed by atoms with van der Waals surface area (Å²) in [6, 6.07) is 8.62. The zero-order valence-electron chi connectivity index (χ0n) is 10.3. The number of amides is 1. The van der Waals surface area contributed by atoms with Crippen LogP contribution in [0.5, 0.6) is 0 Å². The Labute approximate surface area is 103 Å². The van der Waals surface area contributed by atoms with E-state index in [0.29, 0.717) is 0 Å². The van der Waals surface area contributed by atoms with Crippen LogP contribution in [0.2, 0.25) is 0 Å². The summed E-state index contributed by atoms with van der Waals surface area (Å²) in [7, 11) is 0. The molecule has 0 saturated carbocycles. The first kappa shape index (κ1) is 12.1. The summed E-state index contributed by atoms with van der Waals surface area (Å²) < 4.78 is 0. The number of hydrogen-bond acceptors (Lipinski definition) is 2. The van der Waals surface area contributed by atoms with Crippen LogP contribution in [0, 0.1) is 5.92 Å². The second-order valence-electron chi connectivity index (χ2n) is 4.57. The molecule has 0 aliphatic carbocycles. The van der Waals surface area contributed by atoms with Gasteiger partial charge in [0.25, 0.3) is 0 Å². The molecule has 2 rings (SSSR count). The van der Waals surface area contributed by atoms with Gasteiger partial charge in [0.1, 0.15) is 0 Å². The zero-order valence-corrected chi connectivity index (χ0v) is 10.3. The van der Waals surface area contributed by atoms with Crippen molar-refractivity contribution in [1.29, 1.82) is 0 Å². The summed E-state index contributed by atoms with van der Waals surface area (Å²) in [4.78, 5) is 11.6. The molecular formula is C14H20N2O. The van der Waals surface area contributed by atoms with Crippen molar-refractivity contribution in [2.24, 2.45) is 5.92 Å². The topological polar surface area (TPSA) is 41.1 Å². The van der Waals surface area contributed by atoms with Crippen molar-refractivity contribution in [3.63, 3.8) is 0 Å². The minimum Gasteiger partial charge on any atom is -0.355 e. The van der Waals surface area contributed by atoms with Gasteiger partial charge < -0.3 is 10.6 Å². The Morgan fingerprint density at radius 2 is 1.94 bits per heavy atom. The third-order valence-corrected chi connectivity index (χ3v) is 3.30. The highest BCUT2D eigenvalue weighted by atomic mass is 16.2. The van der Waals surface area contributed by atoms with Crippen molar-refractivity contribution < 1.29 is 4.79 Å². The highest BCUT2D eigenvalue weighted by Crippen LogP contribution is 2.06. The van der Waals surface area contributed by atoms with Crippen LogP contribution in [0.25, 0.3) is 0 Å². The van der Waals surface area contributed by atoms with Gasteiger partial charge in [0.05, 0.1) is 5.92 Å². The fourth-order valence-corrected chi connectivity index (χ4v) is 1.89. The van der Waals surface area contributed by atoms with Gasteiger partial charge in [0.2, 0.25) is 5.91 Å². The van der Waals surface area contributed by atoms with Gasteiger partial charge >= 0.3 is 0 Å². The van der Waals surface area contributed by atoms with Gasteiger partial charge in [-0.05, 0) is 24.0 Å². The van der Waals surface area contributed by atoms with Crippen molar-refractivity contribution in [2.75, 3.05) is 19.6 Å². The average Bonchev–Trinajstić information content (AvgIpc) is 2.27. The minimum atomic E-state index is 0.189. The predicted molar refractivity (Wildman–Crippen MR) is 68.9 cm³/mol. The third kappa shape index (κ3) is 3.30. The number of hydrogen-bond donors (Lipinski definition) is 2. The largest absolute Gasteiger partial charge is 0.355 e. The molecule has 92 valence electrons. The van der Waals surface area contributed by atoms with E-state index in [0.717, 1.165) is 32.5 Å². The van der Waals surface area contributed by atoms with Gasteiger partial charge in [0.15, 0.2) is 0 Å². The van der Waals surface area contributed by atoms with Crippen LogP contribution >= 0.6 is 0 Å². The Kier molecular flexibility index (Phi) is 4.15. The molecule has 3 heteroatoms. The average molecular weight is 232 g/mol. The molecule has 1 aromatic rings. The summed E-state index contributed by atoms with van der Waals surface area (Å²) in [6.45, 7) is 4.55. The summed E-state index contributed by atoms with van der Waals surface area (Å²) in [5.74, 6) is 0.381. The SMILES string of the molecule is CCc1ccc(CCNC(=O)C2CNC2)cc1. The number of carbonyl (C=O) groups excluding carboxylic acids is 1. The quantitative estimate of drug-likeness (QED) is 0.799. The number of aryl methyl sites for hydroxylation is 1. The maximum absolute atomic E-state index is 11.6. The van der Waals surface area contributed by atoms with E-state index in [1.165, 1.54) is 11.1 Å². The van der Waals surface area contributed by atoms with E-state index >= 15 is 0 Å². The molecule has 0 spiro atoms. The number of nitrogens with one attached hydrogen (secondary N) is 2. The lowest BCUT2D eigenvalue weighted by Gasteiger charge is -2.25. The summed E-state index contributed by atoms with van der Waals surface area (Å²) >= 11 is 0. The lowest BCUT2D eigenvalue weighted by Crippen LogP contribution is -2.51. The van der Waals surface area contributed by atoms with Crippen molar-refractivity contribution >= 4 is 5.91 Å². The lowest BCUT2D eigenvalue weighted by atomic mass is 10.0. The molecule has 1 amide bonds. The van der Waals surface area contributed by atoms with E-state index in [9.17, 15) is 4.79 Å². The van der Waals surface area contributed by atoms with Crippen molar-refractivity contribution in [3.8, 4) is 0 Å². The normalized spacial score (nSPS) is 15.4. The van der Waals surface area contributed by atoms with E-state index < -0.39 is 0 Å². The molecule has 17 heavy (non-hydrogen) atoms. The smallest absolute Gasteiger partial charge is 0.225 e. The Balaban J connectivity index is 1.71. The molecule has 2 N–H and O–H groups in total. The minimum absolute atomic E-state index is 0.189. The first-order valence-corrected chi connectivity index (χ1v) is 6.36. The predicted octanol–water partition coefficient (Wildman–Crippen LogP) is 1.13. The molecule has 0 unspecified atom stereocenters. The molecule has 0 radical (unpaired) electrons. The maximum Gasteiger partial charge on any atom is 0.225 e. The molecule has 1 aromatic carbocycles. The van der Waals surface area contributed by atoms with Gasteiger partial charge in [-0.3, -0.25) is 4.79 Å². The van der Waals surface area contributed by atoms with Gasteiger partial charge in [-0.25, -0.2) is 0 Å². The van der Waals surface area contributed by atoms with Crippen LogP contribution in [0.3, 0.4) is 0 Å². The third-order valence-electron chi connectivity index (χ3n) is 3.30. The van der Waals surface area contributed by atoms with Crippen molar-refractivity contribution in [2.45, 2.75) is 19.8 Å². The van der Waals surface area contributed by atoms with Crippen LogP contribution < -0.4 is 10.6 Å². The number of benzene rings is 1. The Morgan fingerprint density at radius 1 is 1.29 bits per heavy atom. The molecule has 1 aliphatic heterocycles. The second-order valence-corrected chi connectivity index (χ2v) is 4.57. The molecule has 0 aromatic heterocycles. The highest BCUT2D eigenvalue weighted by molar-refractivity contribution is 5.79. The second kappa shape index (κ2) is 5.82. The molecule has 0 atom stereocenters. The molecule has 1 fully saturated rings. The van der Waals surface area contributed by atoms with Crippen LogP contribution in [0.15, 0.2) is 24.3 Å². The maximum atomic E-state index is 11.6. The summed E-state index contributed by atoms with van der Waals surface area (Å²) in [6.07, 6.45) is 1.99. The van der Waals surface area contributed by atoms with Crippen LogP contribution in [0.4, 0.5) is 0 Å². The Hall–Kier alpha value is -1.35. The Bertz CT molecular complexity index is 368. The lowest BCUT2D eigenvalue weighted by molar-refractivity contribution is -0.126. The molecule has 1 aliphatic rings. The van der Waals surface area contributed by atoms with E-state index in [1.807, 2.05) is 0 Å². The fourth-order valence-electron chi connectivity index (χ4n) is 1.89. The zero-order chi connectivity index (χ0) is 12.1. The monoisotopic (exact) mass is 232 g/mol. The van der Waals surface area contributed by atoms with Crippen LogP contribution in [-0.2, 0) is 17.6 Å². The molecule has 0 bridgehead atoms. The fraction of sp³-hybridized carbons (Fsp3) is 0.500. The number of rotatable bonds is 5. The molecular weight excluding hydrogens is 212 g/mol. The van der Waals surface area contributed by atoms with E-state index in [1.54, 1.807) is 0 Å². The molecule has 3 nitrogen and oxygen atoms in total. The Morgan fingerprint density at radius 3 is 2.47 bits per heavy atom. The first-order chi connectivity index (χ1) is 8.29. The number of carbonyl (C=O) groups is 1. The first-order valence-electron chi connectivity index (χ1n) is 6.36. The standard InChI is InChI=1S/C14H20N2O/c1-2-11-3-5-12(6-4-11)7-8-16-14(17)13-9-15-10-13/h3-6,13,15H,2,7-10H2,1H3,(H,16,17).